The molecule has 0 bridgehead atoms. The fourth-order valence-corrected chi connectivity index (χ4v) is 4.38. The number of aliphatic hydroxyl groups is 1. The molecular weight excluding hydrogens is 394 g/mol. The summed E-state index contributed by atoms with van der Waals surface area (Å²) >= 11 is 0. The Kier molecular flexibility index (Phi) is 19.5. The second-order valence-corrected chi connectivity index (χ2v) is 9.73. The molecule has 3 heteroatoms. The van der Waals surface area contributed by atoms with Crippen LogP contribution in [0.2, 0.25) is 0 Å². The van der Waals surface area contributed by atoms with E-state index in [1.807, 2.05) is 12.1 Å². The van der Waals surface area contributed by atoms with Gasteiger partial charge in [0, 0.05) is 12.2 Å². The maximum atomic E-state index is 10.1. The van der Waals surface area contributed by atoms with Gasteiger partial charge in [-0.1, -0.05) is 129 Å². The lowest BCUT2D eigenvalue weighted by molar-refractivity contribution is 0.173. The minimum Gasteiger partial charge on any atom is -0.508 e. The highest BCUT2D eigenvalue weighted by Crippen LogP contribution is 2.16. The van der Waals surface area contributed by atoms with E-state index in [2.05, 4.69) is 12.2 Å². The standard InChI is InChI=1S/C29H53NO2/c1-2-3-4-5-6-7-8-9-10-11-12-13-14-15-16-17-18-19-20-21-29(32)26-30-27-22-24-28(31)25-23-27/h22-25,29-32H,2-21,26H2,1H3. The third-order valence-corrected chi connectivity index (χ3v) is 6.55. The number of aliphatic hydroxyl groups excluding tert-OH is 1. The molecule has 0 spiro atoms. The normalized spacial score (nSPS) is 12.2. The molecule has 0 fully saturated rings. The largest absolute Gasteiger partial charge is 0.508 e. The summed E-state index contributed by atoms with van der Waals surface area (Å²) in [5.74, 6) is 0.269. The highest BCUT2D eigenvalue weighted by atomic mass is 16.3. The van der Waals surface area contributed by atoms with Crippen LogP contribution >= 0.6 is 0 Å². The van der Waals surface area contributed by atoms with E-state index in [-0.39, 0.29) is 11.9 Å². The van der Waals surface area contributed by atoms with Gasteiger partial charge in [0.25, 0.3) is 0 Å². The SMILES string of the molecule is CCCCCCCCCCCCCCCCCCCCCC(O)CNc1ccc(O)cc1. The summed E-state index contributed by atoms with van der Waals surface area (Å²) in [5.41, 5.74) is 0.940. The minimum atomic E-state index is -0.297. The first-order valence-corrected chi connectivity index (χ1v) is 13.9. The first-order valence-electron chi connectivity index (χ1n) is 13.9. The molecule has 1 atom stereocenters. The molecule has 0 aromatic heterocycles. The van der Waals surface area contributed by atoms with Gasteiger partial charge in [-0.3, -0.25) is 0 Å². The maximum absolute atomic E-state index is 10.1. The van der Waals surface area contributed by atoms with Gasteiger partial charge >= 0.3 is 0 Å². The Hall–Kier alpha value is -1.22. The average molecular weight is 448 g/mol. The van der Waals surface area contributed by atoms with Crippen molar-refractivity contribution >= 4 is 5.69 Å². The zero-order chi connectivity index (χ0) is 23.1. The zero-order valence-electron chi connectivity index (χ0n) is 21.1. The van der Waals surface area contributed by atoms with Gasteiger partial charge in [0.05, 0.1) is 6.10 Å². The summed E-state index contributed by atoms with van der Waals surface area (Å²) in [5, 5.41) is 22.6. The number of phenols is 1. The predicted octanol–water partition coefficient (Wildman–Crippen LogP) is 8.99. The average Bonchev–Trinajstić information content (AvgIpc) is 2.80. The van der Waals surface area contributed by atoms with Gasteiger partial charge in [-0.05, 0) is 30.7 Å². The first-order chi connectivity index (χ1) is 15.7. The Morgan fingerprint density at radius 3 is 1.38 bits per heavy atom. The molecule has 3 N–H and O–H groups in total. The van der Waals surface area contributed by atoms with Crippen LogP contribution in [0.5, 0.6) is 5.75 Å². The number of aromatic hydroxyl groups is 1. The number of benzene rings is 1. The smallest absolute Gasteiger partial charge is 0.115 e. The lowest BCUT2D eigenvalue weighted by Crippen LogP contribution is -2.19. The van der Waals surface area contributed by atoms with E-state index in [1.165, 1.54) is 116 Å². The van der Waals surface area contributed by atoms with E-state index in [4.69, 9.17) is 0 Å². The highest BCUT2D eigenvalue weighted by molar-refractivity contribution is 5.45. The van der Waals surface area contributed by atoms with Crippen molar-refractivity contribution in [3.05, 3.63) is 24.3 Å². The number of nitrogens with one attached hydrogen (secondary N) is 1. The van der Waals surface area contributed by atoms with Crippen molar-refractivity contribution in [3.63, 3.8) is 0 Å². The van der Waals surface area contributed by atoms with Crippen LogP contribution in [0, 0.1) is 0 Å². The zero-order valence-corrected chi connectivity index (χ0v) is 21.1. The molecule has 0 saturated heterocycles. The molecule has 0 aliphatic heterocycles. The van der Waals surface area contributed by atoms with E-state index in [9.17, 15) is 10.2 Å². The molecule has 1 aromatic rings. The van der Waals surface area contributed by atoms with Crippen LogP contribution in [0.1, 0.15) is 135 Å². The Bertz CT molecular complexity index is 502. The van der Waals surface area contributed by atoms with Crippen molar-refractivity contribution in [1.29, 1.82) is 0 Å². The number of phenolic OH excluding ortho intramolecular Hbond substituents is 1. The summed E-state index contributed by atoms with van der Waals surface area (Å²) in [4.78, 5) is 0. The molecule has 0 saturated carbocycles. The number of anilines is 1. The summed E-state index contributed by atoms with van der Waals surface area (Å²) in [6, 6.07) is 6.98. The summed E-state index contributed by atoms with van der Waals surface area (Å²) in [7, 11) is 0. The van der Waals surface area contributed by atoms with E-state index in [1.54, 1.807) is 12.1 Å². The Labute approximate surface area is 199 Å². The molecule has 32 heavy (non-hydrogen) atoms. The van der Waals surface area contributed by atoms with Crippen molar-refractivity contribution in [1.82, 2.24) is 0 Å². The number of hydrogen-bond acceptors (Lipinski definition) is 3. The van der Waals surface area contributed by atoms with Crippen molar-refractivity contribution in [2.75, 3.05) is 11.9 Å². The minimum absolute atomic E-state index is 0.269. The molecule has 1 aromatic carbocycles. The molecule has 0 aliphatic carbocycles. The Morgan fingerprint density at radius 2 is 0.969 bits per heavy atom. The molecule has 1 unspecified atom stereocenters. The number of hydrogen-bond donors (Lipinski definition) is 3. The van der Waals surface area contributed by atoms with Crippen LogP contribution in [0.4, 0.5) is 5.69 Å². The molecule has 0 heterocycles. The molecule has 3 nitrogen and oxygen atoms in total. The number of unbranched alkanes of at least 4 members (excludes halogenated alkanes) is 18. The van der Waals surface area contributed by atoms with Gasteiger partial charge in [0.2, 0.25) is 0 Å². The van der Waals surface area contributed by atoms with Crippen molar-refractivity contribution in [2.24, 2.45) is 0 Å². The second-order valence-electron chi connectivity index (χ2n) is 9.73. The first kappa shape index (κ1) is 28.8. The Balaban J connectivity index is 1.74. The molecule has 0 aliphatic rings. The second kappa shape index (κ2) is 21.6. The molecular formula is C29H53NO2. The van der Waals surface area contributed by atoms with E-state index >= 15 is 0 Å². The molecule has 0 amide bonds. The van der Waals surface area contributed by atoms with Gasteiger partial charge in [-0.2, -0.15) is 0 Å². The van der Waals surface area contributed by atoms with Crippen LogP contribution in [-0.2, 0) is 0 Å². The van der Waals surface area contributed by atoms with Gasteiger partial charge in [0.1, 0.15) is 5.75 Å². The van der Waals surface area contributed by atoms with E-state index in [0.717, 1.165) is 18.5 Å². The third-order valence-electron chi connectivity index (χ3n) is 6.55. The van der Waals surface area contributed by atoms with Gasteiger partial charge < -0.3 is 15.5 Å². The van der Waals surface area contributed by atoms with Gasteiger partial charge in [-0.25, -0.2) is 0 Å². The van der Waals surface area contributed by atoms with E-state index in [0.29, 0.717) is 6.54 Å². The van der Waals surface area contributed by atoms with Crippen LogP contribution in [0.25, 0.3) is 0 Å². The molecule has 1 rings (SSSR count). The van der Waals surface area contributed by atoms with Crippen LogP contribution in [0.3, 0.4) is 0 Å². The van der Waals surface area contributed by atoms with Crippen LogP contribution in [-0.4, -0.2) is 22.9 Å². The highest BCUT2D eigenvalue weighted by Gasteiger charge is 2.04. The van der Waals surface area contributed by atoms with Crippen molar-refractivity contribution < 1.29 is 10.2 Å². The summed E-state index contributed by atoms with van der Waals surface area (Å²) in [6.07, 6.45) is 27.0. The third kappa shape index (κ3) is 18.4. The quantitative estimate of drug-likeness (QED) is 0.116. The molecule has 0 radical (unpaired) electrons. The predicted molar refractivity (Wildman–Crippen MR) is 141 cm³/mol. The van der Waals surface area contributed by atoms with Crippen molar-refractivity contribution in [2.45, 2.75) is 141 Å². The number of rotatable bonds is 23. The maximum Gasteiger partial charge on any atom is 0.115 e. The van der Waals surface area contributed by atoms with Crippen molar-refractivity contribution in [3.8, 4) is 5.75 Å². The fraction of sp³-hybridized carbons (Fsp3) is 0.793. The van der Waals surface area contributed by atoms with Crippen LogP contribution in [0.15, 0.2) is 24.3 Å². The van der Waals surface area contributed by atoms with E-state index < -0.39 is 0 Å². The molecule has 186 valence electrons. The fourth-order valence-electron chi connectivity index (χ4n) is 4.38. The lowest BCUT2D eigenvalue weighted by atomic mass is 10.0. The van der Waals surface area contributed by atoms with Gasteiger partial charge in [-0.15, -0.1) is 0 Å². The summed E-state index contributed by atoms with van der Waals surface area (Å²) < 4.78 is 0. The van der Waals surface area contributed by atoms with Gasteiger partial charge in [0.15, 0.2) is 0 Å². The Morgan fingerprint density at radius 1 is 0.594 bits per heavy atom. The summed E-state index contributed by atoms with van der Waals surface area (Å²) in [6.45, 7) is 2.86. The lowest BCUT2D eigenvalue weighted by Gasteiger charge is -2.12. The van der Waals surface area contributed by atoms with Crippen LogP contribution < -0.4 is 5.32 Å². The topological polar surface area (TPSA) is 52.5 Å². The monoisotopic (exact) mass is 447 g/mol.